The Bertz CT molecular complexity index is 296. The fourth-order valence-electron chi connectivity index (χ4n) is 1.07. The van der Waals surface area contributed by atoms with Crippen LogP contribution in [0.1, 0.15) is 13.3 Å². The zero-order valence-electron chi connectivity index (χ0n) is 8.64. The van der Waals surface area contributed by atoms with Gasteiger partial charge >= 0.3 is 6.09 Å². The summed E-state index contributed by atoms with van der Waals surface area (Å²) in [7, 11) is 0. The lowest BCUT2D eigenvalue weighted by Crippen LogP contribution is -2.38. The van der Waals surface area contributed by atoms with Gasteiger partial charge in [0.15, 0.2) is 0 Å². The van der Waals surface area contributed by atoms with E-state index < -0.39 is 6.09 Å². The van der Waals surface area contributed by atoms with Crippen LogP contribution in [0.4, 0.5) is 4.79 Å². The molecule has 0 spiro atoms. The molecule has 4 heteroatoms. The summed E-state index contributed by atoms with van der Waals surface area (Å²) in [5, 5.41) is 11.4. The molecule has 0 aliphatic rings. The third-order valence-corrected chi connectivity index (χ3v) is 1.99. The number of benzene rings is 1. The van der Waals surface area contributed by atoms with E-state index in [0.29, 0.717) is 12.2 Å². The molecule has 0 aliphatic carbocycles. The molecule has 1 atom stereocenters. The first-order valence-electron chi connectivity index (χ1n) is 4.90. The van der Waals surface area contributed by atoms with Gasteiger partial charge in [-0.05, 0) is 18.6 Å². The van der Waals surface area contributed by atoms with E-state index in [1.165, 1.54) is 0 Å². The molecule has 1 unspecified atom stereocenters. The highest BCUT2D eigenvalue weighted by Crippen LogP contribution is 2.08. The molecule has 0 radical (unpaired) electrons. The maximum absolute atomic E-state index is 11.3. The van der Waals surface area contributed by atoms with Crippen LogP contribution in [0.3, 0.4) is 0 Å². The van der Waals surface area contributed by atoms with Gasteiger partial charge in [0.25, 0.3) is 0 Å². The van der Waals surface area contributed by atoms with Crippen LogP contribution in [-0.4, -0.2) is 23.8 Å². The first-order valence-corrected chi connectivity index (χ1v) is 4.90. The first kappa shape index (κ1) is 11.5. The molecule has 0 saturated carbocycles. The molecule has 0 saturated heterocycles. The monoisotopic (exact) mass is 209 g/mol. The van der Waals surface area contributed by atoms with Crippen molar-refractivity contribution < 1.29 is 14.6 Å². The van der Waals surface area contributed by atoms with Crippen LogP contribution in [0.5, 0.6) is 5.75 Å². The number of ether oxygens (including phenoxy) is 1. The summed E-state index contributed by atoms with van der Waals surface area (Å²) in [6, 6.07) is 8.55. The SMILES string of the molecule is CCC(CO)NC(=O)Oc1ccccc1. The molecule has 4 nitrogen and oxygen atoms in total. The molecular formula is C11H15NO3. The van der Waals surface area contributed by atoms with E-state index >= 15 is 0 Å². The van der Waals surface area contributed by atoms with Crippen molar-refractivity contribution >= 4 is 6.09 Å². The number of hydrogen-bond donors (Lipinski definition) is 2. The predicted molar refractivity (Wildman–Crippen MR) is 56.8 cm³/mol. The number of carbonyl (C=O) groups is 1. The van der Waals surface area contributed by atoms with E-state index in [0.717, 1.165) is 0 Å². The van der Waals surface area contributed by atoms with E-state index in [9.17, 15) is 4.79 Å². The lowest BCUT2D eigenvalue weighted by atomic mass is 10.2. The summed E-state index contributed by atoms with van der Waals surface area (Å²) in [5.41, 5.74) is 0. The van der Waals surface area contributed by atoms with Gasteiger partial charge < -0.3 is 15.2 Å². The fourth-order valence-corrected chi connectivity index (χ4v) is 1.07. The molecule has 0 fully saturated rings. The number of nitrogens with one attached hydrogen (secondary N) is 1. The van der Waals surface area contributed by atoms with Gasteiger partial charge in [0.05, 0.1) is 12.6 Å². The highest BCUT2D eigenvalue weighted by Gasteiger charge is 2.10. The van der Waals surface area contributed by atoms with Crippen LogP contribution in [0.25, 0.3) is 0 Å². The lowest BCUT2D eigenvalue weighted by molar-refractivity contribution is 0.182. The Hall–Kier alpha value is -1.55. The second-order valence-electron chi connectivity index (χ2n) is 3.13. The standard InChI is InChI=1S/C11H15NO3/c1-2-9(8-13)12-11(14)15-10-6-4-3-5-7-10/h3-7,9,13H,2,8H2,1H3,(H,12,14). The van der Waals surface area contributed by atoms with Crippen molar-refractivity contribution in [1.29, 1.82) is 0 Å². The van der Waals surface area contributed by atoms with Crippen LogP contribution in [0, 0.1) is 0 Å². The number of para-hydroxylation sites is 1. The molecule has 1 aromatic carbocycles. The third kappa shape index (κ3) is 3.99. The lowest BCUT2D eigenvalue weighted by Gasteiger charge is -2.13. The van der Waals surface area contributed by atoms with Crippen molar-refractivity contribution in [2.45, 2.75) is 19.4 Å². The number of aliphatic hydroxyl groups excluding tert-OH is 1. The summed E-state index contributed by atoms with van der Waals surface area (Å²) in [6.07, 6.45) is 0.127. The normalized spacial score (nSPS) is 11.9. The van der Waals surface area contributed by atoms with Gasteiger partial charge in [-0.15, -0.1) is 0 Å². The molecule has 1 amide bonds. The number of rotatable bonds is 4. The van der Waals surface area contributed by atoms with E-state index in [1.807, 2.05) is 13.0 Å². The molecule has 0 bridgehead atoms. The Morgan fingerprint density at radius 1 is 1.47 bits per heavy atom. The Balaban J connectivity index is 2.43. The van der Waals surface area contributed by atoms with Crippen LogP contribution in [-0.2, 0) is 0 Å². The molecule has 0 aromatic heterocycles. The Labute approximate surface area is 88.9 Å². The topological polar surface area (TPSA) is 58.6 Å². The van der Waals surface area contributed by atoms with Gasteiger partial charge in [0, 0.05) is 0 Å². The van der Waals surface area contributed by atoms with Crippen LogP contribution in [0.15, 0.2) is 30.3 Å². The fraction of sp³-hybridized carbons (Fsp3) is 0.364. The highest BCUT2D eigenvalue weighted by molar-refractivity contribution is 5.70. The van der Waals surface area contributed by atoms with Gasteiger partial charge in [-0.2, -0.15) is 0 Å². The maximum Gasteiger partial charge on any atom is 0.412 e. The molecule has 15 heavy (non-hydrogen) atoms. The van der Waals surface area contributed by atoms with Crippen molar-refractivity contribution in [2.75, 3.05) is 6.61 Å². The van der Waals surface area contributed by atoms with Crippen LogP contribution < -0.4 is 10.1 Å². The van der Waals surface area contributed by atoms with Gasteiger partial charge in [-0.3, -0.25) is 0 Å². The number of hydrogen-bond acceptors (Lipinski definition) is 3. The Morgan fingerprint density at radius 3 is 2.67 bits per heavy atom. The van der Waals surface area contributed by atoms with Gasteiger partial charge in [0.2, 0.25) is 0 Å². The van der Waals surface area contributed by atoms with Crippen LogP contribution >= 0.6 is 0 Å². The quantitative estimate of drug-likeness (QED) is 0.790. The second-order valence-corrected chi connectivity index (χ2v) is 3.13. The van der Waals surface area contributed by atoms with Crippen molar-refractivity contribution in [2.24, 2.45) is 0 Å². The predicted octanol–water partition coefficient (Wildman–Crippen LogP) is 1.55. The molecule has 2 N–H and O–H groups in total. The zero-order valence-corrected chi connectivity index (χ0v) is 8.64. The Morgan fingerprint density at radius 2 is 2.13 bits per heavy atom. The number of amides is 1. The Kier molecular flexibility index (Phi) is 4.63. The zero-order chi connectivity index (χ0) is 11.1. The average Bonchev–Trinajstić information content (AvgIpc) is 2.27. The second kappa shape index (κ2) is 6.03. The van der Waals surface area contributed by atoms with E-state index in [4.69, 9.17) is 9.84 Å². The van der Waals surface area contributed by atoms with Crippen molar-refractivity contribution in [3.63, 3.8) is 0 Å². The summed E-state index contributed by atoms with van der Waals surface area (Å²) in [4.78, 5) is 11.3. The van der Waals surface area contributed by atoms with Crippen molar-refractivity contribution in [3.8, 4) is 5.75 Å². The highest BCUT2D eigenvalue weighted by atomic mass is 16.6. The van der Waals surface area contributed by atoms with E-state index in [-0.39, 0.29) is 12.6 Å². The summed E-state index contributed by atoms with van der Waals surface area (Å²) < 4.78 is 4.99. The summed E-state index contributed by atoms with van der Waals surface area (Å²) in [5.74, 6) is 0.489. The average molecular weight is 209 g/mol. The smallest absolute Gasteiger partial charge is 0.410 e. The number of carbonyl (C=O) groups excluding carboxylic acids is 1. The summed E-state index contributed by atoms with van der Waals surface area (Å²) >= 11 is 0. The third-order valence-electron chi connectivity index (χ3n) is 1.99. The molecule has 1 rings (SSSR count). The van der Waals surface area contributed by atoms with Crippen molar-refractivity contribution in [3.05, 3.63) is 30.3 Å². The number of aliphatic hydroxyl groups is 1. The molecule has 0 aliphatic heterocycles. The molecule has 1 aromatic rings. The molecule has 82 valence electrons. The molecule has 0 heterocycles. The minimum Gasteiger partial charge on any atom is -0.410 e. The van der Waals surface area contributed by atoms with E-state index in [1.54, 1.807) is 24.3 Å². The van der Waals surface area contributed by atoms with Gasteiger partial charge in [0.1, 0.15) is 5.75 Å². The maximum atomic E-state index is 11.3. The summed E-state index contributed by atoms with van der Waals surface area (Å²) in [6.45, 7) is 1.80. The first-order chi connectivity index (χ1) is 7.26. The minimum absolute atomic E-state index is 0.0829. The van der Waals surface area contributed by atoms with Crippen LogP contribution in [0.2, 0.25) is 0 Å². The largest absolute Gasteiger partial charge is 0.412 e. The van der Waals surface area contributed by atoms with Gasteiger partial charge in [-0.25, -0.2) is 4.79 Å². The minimum atomic E-state index is -0.540. The molecular weight excluding hydrogens is 194 g/mol. The van der Waals surface area contributed by atoms with Crippen molar-refractivity contribution in [1.82, 2.24) is 5.32 Å². The van der Waals surface area contributed by atoms with E-state index in [2.05, 4.69) is 5.32 Å². The van der Waals surface area contributed by atoms with Gasteiger partial charge in [-0.1, -0.05) is 25.1 Å².